The number of unbranched alkanes of at least 4 members (excludes halogenated alkanes) is 1. The Morgan fingerprint density at radius 1 is 1.23 bits per heavy atom. The fourth-order valence-electron chi connectivity index (χ4n) is 2.91. The lowest BCUT2D eigenvalue weighted by Gasteiger charge is -2.33. The molecule has 1 N–H and O–H groups in total. The molecule has 9 heteroatoms. The van der Waals surface area contributed by atoms with Crippen molar-refractivity contribution in [1.29, 1.82) is 0 Å². The van der Waals surface area contributed by atoms with E-state index in [1.807, 2.05) is 6.92 Å². The average Bonchev–Trinajstić information content (AvgIpc) is 2.61. The molecule has 0 aromatic heterocycles. The summed E-state index contributed by atoms with van der Waals surface area (Å²) in [5, 5.41) is 2.74. The predicted molar refractivity (Wildman–Crippen MR) is 90.9 cm³/mol. The summed E-state index contributed by atoms with van der Waals surface area (Å²) < 4.78 is 64.8. The molecule has 2 rings (SSSR count). The van der Waals surface area contributed by atoms with Gasteiger partial charge in [0.2, 0.25) is 15.9 Å². The molecule has 1 atom stereocenters. The molecule has 26 heavy (non-hydrogen) atoms. The van der Waals surface area contributed by atoms with Crippen LogP contribution in [0.15, 0.2) is 29.2 Å². The molecule has 1 saturated heterocycles. The zero-order valence-corrected chi connectivity index (χ0v) is 15.4. The Morgan fingerprint density at radius 2 is 1.88 bits per heavy atom. The Labute approximate surface area is 151 Å². The number of rotatable bonds is 6. The molecule has 1 fully saturated rings. The standard InChI is InChI=1S/C17H23F3N2O3S/c1-2-3-11-21-16(23)15-6-4-5-12-22(15)26(24,25)14-9-7-13(8-10-14)17(18,19)20/h7-10,15H,2-6,11-12H2,1H3,(H,21,23). The number of hydrogen-bond acceptors (Lipinski definition) is 3. The highest BCUT2D eigenvalue weighted by atomic mass is 32.2. The highest BCUT2D eigenvalue weighted by molar-refractivity contribution is 7.89. The molecular formula is C17H23F3N2O3S. The lowest BCUT2D eigenvalue weighted by atomic mass is 10.0. The summed E-state index contributed by atoms with van der Waals surface area (Å²) in [6.45, 7) is 2.63. The van der Waals surface area contributed by atoms with Gasteiger partial charge in [-0.05, 0) is 43.5 Å². The van der Waals surface area contributed by atoms with Gasteiger partial charge < -0.3 is 5.32 Å². The minimum atomic E-state index is -4.53. The van der Waals surface area contributed by atoms with Gasteiger partial charge in [-0.15, -0.1) is 0 Å². The van der Waals surface area contributed by atoms with Crippen molar-refractivity contribution in [3.8, 4) is 0 Å². The third-order valence-corrected chi connectivity index (χ3v) is 6.30. The van der Waals surface area contributed by atoms with Crippen LogP contribution in [0.1, 0.15) is 44.6 Å². The predicted octanol–water partition coefficient (Wildman–Crippen LogP) is 3.16. The number of nitrogens with one attached hydrogen (secondary N) is 1. The molecule has 1 heterocycles. The maximum atomic E-state index is 12.9. The molecule has 1 amide bonds. The Morgan fingerprint density at radius 3 is 2.46 bits per heavy atom. The van der Waals surface area contributed by atoms with Gasteiger partial charge in [0.05, 0.1) is 10.5 Å². The van der Waals surface area contributed by atoms with Crippen molar-refractivity contribution in [3.05, 3.63) is 29.8 Å². The zero-order valence-electron chi connectivity index (χ0n) is 14.6. The average molecular weight is 392 g/mol. The summed E-state index contributed by atoms with van der Waals surface area (Å²) in [5.74, 6) is -0.353. The number of amides is 1. The Bertz CT molecular complexity index is 718. The van der Waals surface area contributed by atoms with Gasteiger partial charge in [-0.25, -0.2) is 8.42 Å². The van der Waals surface area contributed by atoms with E-state index in [-0.39, 0.29) is 17.3 Å². The van der Waals surface area contributed by atoms with Crippen LogP contribution in [0.3, 0.4) is 0 Å². The van der Waals surface area contributed by atoms with Gasteiger partial charge in [0.25, 0.3) is 0 Å². The second kappa shape index (κ2) is 8.39. The molecule has 146 valence electrons. The van der Waals surface area contributed by atoms with E-state index in [0.29, 0.717) is 19.4 Å². The van der Waals surface area contributed by atoms with Crippen molar-refractivity contribution in [2.24, 2.45) is 0 Å². The van der Waals surface area contributed by atoms with Crippen LogP contribution in [0.2, 0.25) is 0 Å². The van der Waals surface area contributed by atoms with Crippen LogP contribution in [0.4, 0.5) is 13.2 Å². The first kappa shape index (κ1) is 20.7. The van der Waals surface area contributed by atoms with Crippen LogP contribution >= 0.6 is 0 Å². The summed E-state index contributed by atoms with van der Waals surface area (Å²) in [6, 6.07) is 2.55. The first-order valence-corrected chi connectivity index (χ1v) is 10.1. The van der Waals surface area contributed by atoms with E-state index in [2.05, 4.69) is 5.32 Å². The maximum absolute atomic E-state index is 12.9. The molecule has 1 aromatic carbocycles. The van der Waals surface area contributed by atoms with Crippen LogP contribution in [0.25, 0.3) is 0 Å². The van der Waals surface area contributed by atoms with Crippen LogP contribution in [-0.2, 0) is 21.0 Å². The van der Waals surface area contributed by atoms with Gasteiger partial charge in [-0.3, -0.25) is 4.79 Å². The maximum Gasteiger partial charge on any atom is 0.416 e. The molecule has 0 radical (unpaired) electrons. The largest absolute Gasteiger partial charge is 0.416 e. The van der Waals surface area contributed by atoms with E-state index in [0.717, 1.165) is 47.8 Å². The smallest absolute Gasteiger partial charge is 0.355 e. The molecule has 0 saturated carbocycles. The van der Waals surface area contributed by atoms with Gasteiger partial charge in [-0.1, -0.05) is 19.8 Å². The van der Waals surface area contributed by atoms with Crippen LogP contribution < -0.4 is 5.32 Å². The van der Waals surface area contributed by atoms with Gasteiger partial charge in [-0.2, -0.15) is 17.5 Å². The molecule has 1 aliphatic rings. The van der Waals surface area contributed by atoms with Crippen molar-refractivity contribution in [3.63, 3.8) is 0 Å². The van der Waals surface area contributed by atoms with Crippen molar-refractivity contribution in [2.45, 2.75) is 56.1 Å². The lowest BCUT2D eigenvalue weighted by molar-refractivity contribution is -0.137. The van der Waals surface area contributed by atoms with E-state index in [4.69, 9.17) is 0 Å². The fourth-order valence-corrected chi connectivity index (χ4v) is 4.57. The highest BCUT2D eigenvalue weighted by Gasteiger charge is 2.38. The number of alkyl halides is 3. The van der Waals surface area contributed by atoms with E-state index in [1.54, 1.807) is 0 Å². The second-order valence-electron chi connectivity index (χ2n) is 6.29. The SMILES string of the molecule is CCCCNC(=O)C1CCCCN1S(=O)(=O)c1ccc(C(F)(F)F)cc1. The van der Waals surface area contributed by atoms with E-state index in [9.17, 15) is 26.4 Å². The number of carbonyl (C=O) groups excluding carboxylic acids is 1. The van der Waals surface area contributed by atoms with E-state index >= 15 is 0 Å². The normalized spacial score (nSPS) is 19.3. The third-order valence-electron chi connectivity index (χ3n) is 4.37. The fraction of sp³-hybridized carbons (Fsp3) is 0.588. The van der Waals surface area contributed by atoms with Gasteiger partial charge in [0.1, 0.15) is 6.04 Å². The van der Waals surface area contributed by atoms with E-state index in [1.165, 1.54) is 0 Å². The second-order valence-corrected chi connectivity index (χ2v) is 8.18. The molecule has 0 spiro atoms. The van der Waals surface area contributed by atoms with Crippen molar-refractivity contribution >= 4 is 15.9 Å². The minimum Gasteiger partial charge on any atom is -0.355 e. The third kappa shape index (κ3) is 4.76. The topological polar surface area (TPSA) is 66.5 Å². The molecule has 0 bridgehead atoms. The quantitative estimate of drug-likeness (QED) is 0.757. The number of halogens is 3. The van der Waals surface area contributed by atoms with Gasteiger partial charge in [0.15, 0.2) is 0 Å². The summed E-state index contributed by atoms with van der Waals surface area (Å²) in [6.07, 6.45) is -1.10. The van der Waals surface area contributed by atoms with Crippen molar-refractivity contribution in [2.75, 3.05) is 13.1 Å². The zero-order chi connectivity index (χ0) is 19.4. The number of benzene rings is 1. The molecular weight excluding hydrogens is 369 g/mol. The Kier molecular flexibility index (Phi) is 6.68. The first-order valence-electron chi connectivity index (χ1n) is 8.64. The number of piperidine rings is 1. The summed E-state index contributed by atoms with van der Waals surface area (Å²) in [4.78, 5) is 12.1. The number of carbonyl (C=O) groups is 1. The highest BCUT2D eigenvalue weighted by Crippen LogP contribution is 2.31. The van der Waals surface area contributed by atoms with Crippen LogP contribution in [0, 0.1) is 0 Å². The van der Waals surface area contributed by atoms with E-state index < -0.39 is 27.8 Å². The summed E-state index contributed by atoms with van der Waals surface area (Å²) >= 11 is 0. The molecule has 5 nitrogen and oxygen atoms in total. The molecule has 1 aliphatic heterocycles. The van der Waals surface area contributed by atoms with Crippen molar-refractivity contribution in [1.82, 2.24) is 9.62 Å². The lowest BCUT2D eigenvalue weighted by Crippen LogP contribution is -2.51. The first-order chi connectivity index (χ1) is 12.2. The Hall–Kier alpha value is -1.61. The number of nitrogens with zero attached hydrogens (tertiary/aromatic N) is 1. The van der Waals surface area contributed by atoms with Crippen LogP contribution in [0.5, 0.6) is 0 Å². The summed E-state index contributed by atoms with van der Waals surface area (Å²) in [5.41, 5.74) is -0.913. The molecule has 1 aromatic rings. The monoisotopic (exact) mass is 392 g/mol. The number of hydrogen-bond donors (Lipinski definition) is 1. The minimum absolute atomic E-state index is 0.176. The van der Waals surface area contributed by atoms with Crippen LogP contribution in [-0.4, -0.2) is 37.8 Å². The van der Waals surface area contributed by atoms with Gasteiger partial charge in [0, 0.05) is 13.1 Å². The summed E-state index contributed by atoms with van der Waals surface area (Å²) in [7, 11) is -4.04. The molecule has 0 aliphatic carbocycles. The molecule has 1 unspecified atom stereocenters. The van der Waals surface area contributed by atoms with Crippen molar-refractivity contribution < 1.29 is 26.4 Å². The van der Waals surface area contributed by atoms with Gasteiger partial charge >= 0.3 is 6.18 Å². The number of sulfonamides is 1. The Balaban J connectivity index is 2.22.